The molecular formula is C51H29N3O2. The Kier molecular flexibility index (Phi) is 6.56. The first-order valence-corrected chi connectivity index (χ1v) is 18.8. The van der Waals surface area contributed by atoms with Crippen LogP contribution >= 0.6 is 0 Å². The SMILES string of the molecule is c1ccc(-c2cccc3oc4ccccc4c23)c(-c2nc(-c3ccc4c(ccc5ccc6ccccc6c54)c3)nc(-c3cccc4c3oc3ccccc34)n2)c1. The topological polar surface area (TPSA) is 65.0 Å². The van der Waals surface area contributed by atoms with Gasteiger partial charge in [-0.2, -0.15) is 0 Å². The fraction of sp³-hybridized carbons (Fsp3) is 0. The van der Waals surface area contributed by atoms with Crippen molar-refractivity contribution in [2.45, 2.75) is 0 Å². The molecule has 0 saturated carbocycles. The minimum Gasteiger partial charge on any atom is -0.456 e. The molecule has 260 valence electrons. The maximum atomic E-state index is 6.53. The molecule has 3 aromatic heterocycles. The van der Waals surface area contributed by atoms with Gasteiger partial charge in [0, 0.05) is 32.7 Å². The Morgan fingerprint density at radius 3 is 1.75 bits per heavy atom. The number of para-hydroxylation sites is 3. The molecule has 5 heteroatoms. The maximum Gasteiger partial charge on any atom is 0.167 e. The monoisotopic (exact) mass is 715 g/mol. The molecule has 12 rings (SSSR count). The molecule has 0 N–H and O–H groups in total. The average Bonchev–Trinajstić information content (AvgIpc) is 3.85. The molecule has 3 heterocycles. The predicted molar refractivity (Wildman–Crippen MR) is 229 cm³/mol. The molecule has 0 saturated heterocycles. The van der Waals surface area contributed by atoms with Gasteiger partial charge in [-0.05, 0) is 73.8 Å². The summed E-state index contributed by atoms with van der Waals surface area (Å²) in [4.78, 5) is 15.8. The molecule has 0 unspecified atom stereocenters. The van der Waals surface area contributed by atoms with E-state index in [1.54, 1.807) is 0 Å². The van der Waals surface area contributed by atoms with Crippen LogP contribution in [0.25, 0.3) is 121 Å². The standard InChI is InChI=1S/C51H29N3O2/c1-2-12-34-30(11-1)23-24-31-25-26-32-29-33(27-28-35(32)46(31)34)49-52-50(54-51(53-49)42-19-9-18-39-37-14-5-7-20-43(37)56-48(39)42)40-15-4-3-13-36(40)38-17-10-22-45-47(38)41-16-6-8-21-44(41)55-45/h1-29H. The highest BCUT2D eigenvalue weighted by atomic mass is 16.3. The Hall–Kier alpha value is -7.63. The molecule has 0 amide bonds. The van der Waals surface area contributed by atoms with Crippen LogP contribution in [0.4, 0.5) is 0 Å². The lowest BCUT2D eigenvalue weighted by Gasteiger charge is -2.13. The number of nitrogens with zero attached hydrogens (tertiary/aromatic N) is 3. The summed E-state index contributed by atoms with van der Waals surface area (Å²) >= 11 is 0. The molecule has 0 aliphatic carbocycles. The second-order valence-corrected chi connectivity index (χ2v) is 14.3. The van der Waals surface area contributed by atoms with Crippen LogP contribution in [0.15, 0.2) is 185 Å². The van der Waals surface area contributed by atoms with Gasteiger partial charge in [0.05, 0.1) is 5.56 Å². The van der Waals surface area contributed by atoms with Crippen LogP contribution < -0.4 is 0 Å². The van der Waals surface area contributed by atoms with Crippen LogP contribution in [-0.2, 0) is 0 Å². The third-order valence-electron chi connectivity index (χ3n) is 11.1. The Morgan fingerprint density at radius 1 is 0.304 bits per heavy atom. The Balaban J connectivity index is 1.11. The first-order chi connectivity index (χ1) is 27.7. The first kappa shape index (κ1) is 30.8. The Bertz CT molecular complexity index is 3560. The summed E-state index contributed by atoms with van der Waals surface area (Å²) in [5.74, 6) is 1.70. The van der Waals surface area contributed by atoms with E-state index in [1.165, 1.54) is 26.9 Å². The van der Waals surface area contributed by atoms with Gasteiger partial charge >= 0.3 is 0 Å². The summed E-state index contributed by atoms with van der Waals surface area (Å²) in [6, 6.07) is 61.0. The van der Waals surface area contributed by atoms with Crippen molar-refractivity contribution >= 4 is 76.2 Å². The minimum atomic E-state index is 0.543. The number of aromatic nitrogens is 3. The van der Waals surface area contributed by atoms with Crippen LogP contribution in [0.2, 0.25) is 0 Å². The molecule has 56 heavy (non-hydrogen) atoms. The smallest absolute Gasteiger partial charge is 0.167 e. The normalized spacial score (nSPS) is 11.9. The first-order valence-electron chi connectivity index (χ1n) is 18.8. The van der Waals surface area contributed by atoms with Crippen molar-refractivity contribution in [3.8, 4) is 45.3 Å². The molecule has 0 radical (unpaired) electrons. The molecule has 12 aromatic rings. The van der Waals surface area contributed by atoms with Crippen molar-refractivity contribution in [1.82, 2.24) is 15.0 Å². The van der Waals surface area contributed by atoms with E-state index in [2.05, 4.69) is 115 Å². The summed E-state index contributed by atoms with van der Waals surface area (Å²) in [6.45, 7) is 0. The minimum absolute atomic E-state index is 0.543. The van der Waals surface area contributed by atoms with E-state index in [0.717, 1.165) is 77.1 Å². The van der Waals surface area contributed by atoms with E-state index in [-0.39, 0.29) is 0 Å². The van der Waals surface area contributed by atoms with E-state index < -0.39 is 0 Å². The van der Waals surface area contributed by atoms with Crippen LogP contribution in [0.3, 0.4) is 0 Å². The average molecular weight is 716 g/mol. The van der Waals surface area contributed by atoms with Crippen LogP contribution in [0, 0.1) is 0 Å². The van der Waals surface area contributed by atoms with Crippen LogP contribution in [0.1, 0.15) is 0 Å². The molecule has 0 spiro atoms. The lowest BCUT2D eigenvalue weighted by molar-refractivity contribution is 0.669. The zero-order valence-corrected chi connectivity index (χ0v) is 29.9. The second-order valence-electron chi connectivity index (χ2n) is 14.3. The number of rotatable bonds is 4. The third-order valence-corrected chi connectivity index (χ3v) is 11.1. The highest BCUT2D eigenvalue weighted by Crippen LogP contribution is 2.42. The van der Waals surface area contributed by atoms with E-state index >= 15 is 0 Å². The van der Waals surface area contributed by atoms with Gasteiger partial charge in [-0.1, -0.05) is 146 Å². The summed E-state index contributed by atoms with van der Waals surface area (Å²) in [6.07, 6.45) is 0. The molecule has 0 aliphatic rings. The van der Waals surface area contributed by atoms with Gasteiger partial charge in [0.2, 0.25) is 0 Å². The van der Waals surface area contributed by atoms with Gasteiger partial charge in [0.25, 0.3) is 0 Å². The maximum absolute atomic E-state index is 6.53. The number of benzene rings is 9. The van der Waals surface area contributed by atoms with Crippen molar-refractivity contribution in [2.24, 2.45) is 0 Å². The van der Waals surface area contributed by atoms with Crippen molar-refractivity contribution in [1.29, 1.82) is 0 Å². The largest absolute Gasteiger partial charge is 0.456 e. The summed E-state index contributed by atoms with van der Waals surface area (Å²) in [5, 5.41) is 11.4. The van der Waals surface area contributed by atoms with Crippen LogP contribution in [-0.4, -0.2) is 15.0 Å². The number of hydrogen-bond acceptors (Lipinski definition) is 5. The predicted octanol–water partition coefficient (Wildman–Crippen LogP) is 13.8. The Labute approximate surface area is 320 Å². The number of hydrogen-bond donors (Lipinski definition) is 0. The molecule has 9 aromatic carbocycles. The van der Waals surface area contributed by atoms with Crippen molar-refractivity contribution in [2.75, 3.05) is 0 Å². The molecule has 0 atom stereocenters. The molecule has 0 fully saturated rings. The second kappa shape index (κ2) is 11.9. The van der Waals surface area contributed by atoms with E-state index in [1.807, 2.05) is 60.7 Å². The summed E-state index contributed by atoms with van der Waals surface area (Å²) < 4.78 is 12.8. The molecule has 5 nitrogen and oxygen atoms in total. The van der Waals surface area contributed by atoms with Gasteiger partial charge < -0.3 is 8.83 Å². The zero-order valence-electron chi connectivity index (χ0n) is 29.9. The molecular weight excluding hydrogens is 687 g/mol. The highest BCUT2D eigenvalue weighted by Gasteiger charge is 2.21. The zero-order chi connectivity index (χ0) is 36.7. The van der Waals surface area contributed by atoms with E-state index in [9.17, 15) is 0 Å². The number of fused-ring (bicyclic) bond motifs is 11. The van der Waals surface area contributed by atoms with E-state index in [4.69, 9.17) is 23.8 Å². The van der Waals surface area contributed by atoms with Crippen molar-refractivity contribution in [3.05, 3.63) is 176 Å². The lowest BCUT2D eigenvalue weighted by atomic mass is 9.94. The van der Waals surface area contributed by atoms with Gasteiger partial charge in [-0.25, -0.2) is 15.0 Å². The fourth-order valence-corrected chi connectivity index (χ4v) is 8.56. The molecule has 0 aliphatic heterocycles. The van der Waals surface area contributed by atoms with Crippen LogP contribution in [0.5, 0.6) is 0 Å². The van der Waals surface area contributed by atoms with Crippen molar-refractivity contribution in [3.63, 3.8) is 0 Å². The Morgan fingerprint density at radius 2 is 0.875 bits per heavy atom. The number of furan rings is 2. The van der Waals surface area contributed by atoms with Gasteiger partial charge in [-0.3, -0.25) is 0 Å². The van der Waals surface area contributed by atoms with E-state index in [0.29, 0.717) is 17.5 Å². The van der Waals surface area contributed by atoms with Crippen molar-refractivity contribution < 1.29 is 8.83 Å². The quantitative estimate of drug-likeness (QED) is 0.170. The summed E-state index contributed by atoms with van der Waals surface area (Å²) in [5.41, 5.74) is 7.92. The fourth-order valence-electron chi connectivity index (χ4n) is 8.56. The lowest BCUT2D eigenvalue weighted by Crippen LogP contribution is -2.01. The third kappa shape index (κ3) is 4.64. The molecule has 0 bridgehead atoms. The van der Waals surface area contributed by atoms with Gasteiger partial charge in [0.1, 0.15) is 22.3 Å². The van der Waals surface area contributed by atoms with Gasteiger partial charge in [0.15, 0.2) is 17.5 Å². The summed E-state index contributed by atoms with van der Waals surface area (Å²) in [7, 11) is 0. The highest BCUT2D eigenvalue weighted by molar-refractivity contribution is 6.20. The van der Waals surface area contributed by atoms with Gasteiger partial charge in [-0.15, -0.1) is 0 Å².